The van der Waals surface area contributed by atoms with Gasteiger partial charge in [-0.3, -0.25) is 4.79 Å². The Labute approximate surface area is 158 Å². The molecule has 25 heavy (non-hydrogen) atoms. The lowest BCUT2D eigenvalue weighted by molar-refractivity contribution is -0.120. The van der Waals surface area contributed by atoms with Crippen LogP contribution in [0, 0.1) is 0 Å². The van der Waals surface area contributed by atoms with Gasteiger partial charge in [0.25, 0.3) is 0 Å². The van der Waals surface area contributed by atoms with Gasteiger partial charge >= 0.3 is 0 Å². The highest BCUT2D eigenvalue weighted by Crippen LogP contribution is 2.28. The summed E-state index contributed by atoms with van der Waals surface area (Å²) in [6.07, 6.45) is 1.72. The molecule has 126 valence electrons. The molecule has 0 aliphatic carbocycles. The van der Waals surface area contributed by atoms with Crippen LogP contribution in [0.1, 0.15) is 11.3 Å². The van der Waals surface area contributed by atoms with Crippen molar-refractivity contribution in [1.82, 2.24) is 5.43 Å². The van der Waals surface area contributed by atoms with Gasteiger partial charge in [0.15, 0.2) is 0 Å². The quantitative estimate of drug-likeness (QED) is 0.466. The van der Waals surface area contributed by atoms with Crippen LogP contribution in [-0.4, -0.2) is 12.1 Å². The average Bonchev–Trinajstić information content (AvgIpc) is 3.06. The molecule has 2 aromatic carbocycles. The van der Waals surface area contributed by atoms with E-state index >= 15 is 0 Å². The van der Waals surface area contributed by atoms with E-state index in [-0.39, 0.29) is 12.3 Å². The third kappa shape index (κ3) is 4.81. The summed E-state index contributed by atoms with van der Waals surface area (Å²) in [5, 5.41) is 4.54. The summed E-state index contributed by atoms with van der Waals surface area (Å²) in [5.74, 6) is 0.976. The molecule has 3 aromatic rings. The molecular formula is C19H14BrClN2O2. The Morgan fingerprint density at radius 1 is 1.12 bits per heavy atom. The Hall–Kier alpha value is -2.37. The Kier molecular flexibility index (Phi) is 5.68. The van der Waals surface area contributed by atoms with Gasteiger partial charge in [-0.2, -0.15) is 5.10 Å². The molecule has 0 radical (unpaired) electrons. The van der Waals surface area contributed by atoms with Crippen molar-refractivity contribution in [3.05, 3.63) is 81.5 Å². The van der Waals surface area contributed by atoms with E-state index in [9.17, 15) is 4.79 Å². The topological polar surface area (TPSA) is 54.6 Å². The lowest BCUT2D eigenvalue weighted by Crippen LogP contribution is -2.19. The molecule has 0 unspecified atom stereocenters. The summed E-state index contributed by atoms with van der Waals surface area (Å²) in [4.78, 5) is 11.9. The van der Waals surface area contributed by atoms with Crippen molar-refractivity contribution < 1.29 is 9.21 Å². The van der Waals surface area contributed by atoms with Gasteiger partial charge in [-0.25, -0.2) is 5.43 Å². The van der Waals surface area contributed by atoms with E-state index in [0.717, 1.165) is 15.6 Å². The standard InChI is InChI=1S/C19H14BrClN2O2/c20-14-7-5-13(6-8-14)11-19(24)23-22-12-15-9-10-18(25-15)16-3-1-2-4-17(16)21/h1-10,12H,11H2,(H,23,24). The van der Waals surface area contributed by atoms with E-state index in [4.69, 9.17) is 16.0 Å². The van der Waals surface area contributed by atoms with Crippen LogP contribution in [0.2, 0.25) is 5.02 Å². The highest BCUT2D eigenvalue weighted by molar-refractivity contribution is 9.10. The first-order valence-corrected chi connectivity index (χ1v) is 8.70. The van der Waals surface area contributed by atoms with Crippen molar-refractivity contribution >= 4 is 39.7 Å². The SMILES string of the molecule is O=C(Cc1ccc(Br)cc1)NN=Cc1ccc(-c2ccccc2Cl)o1. The largest absolute Gasteiger partial charge is 0.455 e. The van der Waals surface area contributed by atoms with E-state index in [1.807, 2.05) is 48.5 Å². The predicted octanol–water partition coefficient (Wildman–Crippen LogP) is 5.06. The van der Waals surface area contributed by atoms with Crippen LogP contribution in [0.4, 0.5) is 0 Å². The zero-order chi connectivity index (χ0) is 17.6. The molecule has 4 nitrogen and oxygen atoms in total. The zero-order valence-electron chi connectivity index (χ0n) is 13.1. The molecule has 0 aliphatic heterocycles. The molecule has 0 saturated carbocycles. The Morgan fingerprint density at radius 3 is 2.64 bits per heavy atom. The van der Waals surface area contributed by atoms with Gasteiger partial charge in [-0.05, 0) is 42.0 Å². The Bertz CT molecular complexity index is 904. The molecule has 0 saturated heterocycles. The third-order valence-corrected chi connectivity index (χ3v) is 4.28. The monoisotopic (exact) mass is 416 g/mol. The van der Waals surface area contributed by atoms with E-state index in [1.165, 1.54) is 6.21 Å². The molecule has 0 aliphatic rings. The first-order chi connectivity index (χ1) is 12.1. The van der Waals surface area contributed by atoms with Gasteiger partial charge in [-0.1, -0.05) is 51.8 Å². The number of hydrazone groups is 1. The van der Waals surface area contributed by atoms with Gasteiger partial charge in [-0.15, -0.1) is 0 Å². The number of nitrogens with one attached hydrogen (secondary N) is 1. The second-order valence-electron chi connectivity index (χ2n) is 5.28. The lowest BCUT2D eigenvalue weighted by atomic mass is 10.1. The third-order valence-electron chi connectivity index (χ3n) is 3.43. The van der Waals surface area contributed by atoms with Crippen molar-refractivity contribution in [1.29, 1.82) is 0 Å². The van der Waals surface area contributed by atoms with Gasteiger partial charge in [0.2, 0.25) is 5.91 Å². The minimum atomic E-state index is -0.198. The number of carbonyl (C=O) groups is 1. The first kappa shape index (κ1) is 17.5. The van der Waals surface area contributed by atoms with Gasteiger partial charge in [0, 0.05) is 10.0 Å². The first-order valence-electron chi connectivity index (χ1n) is 7.53. The van der Waals surface area contributed by atoms with Crippen LogP contribution < -0.4 is 5.43 Å². The van der Waals surface area contributed by atoms with Crippen LogP contribution in [-0.2, 0) is 11.2 Å². The molecule has 1 N–H and O–H groups in total. The minimum absolute atomic E-state index is 0.198. The number of amides is 1. The molecule has 0 bridgehead atoms. The minimum Gasteiger partial charge on any atom is -0.455 e. The predicted molar refractivity (Wildman–Crippen MR) is 103 cm³/mol. The molecule has 0 atom stereocenters. The van der Waals surface area contributed by atoms with Crippen LogP contribution in [0.15, 0.2) is 74.7 Å². The number of hydrogen-bond acceptors (Lipinski definition) is 3. The molecule has 1 aromatic heterocycles. The summed E-state index contributed by atoms with van der Waals surface area (Å²) in [6, 6.07) is 18.6. The van der Waals surface area contributed by atoms with E-state index in [1.54, 1.807) is 12.1 Å². The fourth-order valence-corrected chi connectivity index (χ4v) is 2.72. The lowest BCUT2D eigenvalue weighted by Gasteiger charge is -2.00. The summed E-state index contributed by atoms with van der Waals surface area (Å²) in [6.45, 7) is 0. The second-order valence-corrected chi connectivity index (χ2v) is 6.60. The van der Waals surface area contributed by atoms with Crippen molar-refractivity contribution in [2.45, 2.75) is 6.42 Å². The number of rotatable bonds is 5. The summed E-state index contributed by atoms with van der Waals surface area (Å²) < 4.78 is 6.65. The highest BCUT2D eigenvalue weighted by Gasteiger charge is 2.07. The van der Waals surface area contributed by atoms with Crippen LogP contribution in [0.3, 0.4) is 0 Å². The number of furan rings is 1. The zero-order valence-corrected chi connectivity index (χ0v) is 15.4. The van der Waals surface area contributed by atoms with Crippen LogP contribution in [0.25, 0.3) is 11.3 Å². The molecular weight excluding hydrogens is 404 g/mol. The molecule has 1 amide bonds. The van der Waals surface area contributed by atoms with Crippen LogP contribution in [0.5, 0.6) is 0 Å². The normalized spacial score (nSPS) is 11.0. The Morgan fingerprint density at radius 2 is 1.88 bits per heavy atom. The van der Waals surface area contributed by atoms with E-state index < -0.39 is 0 Å². The summed E-state index contributed by atoms with van der Waals surface area (Å²) in [7, 11) is 0. The van der Waals surface area contributed by atoms with Crippen molar-refractivity contribution in [2.75, 3.05) is 0 Å². The number of carbonyl (C=O) groups excluding carboxylic acids is 1. The second kappa shape index (κ2) is 8.14. The number of hydrogen-bond donors (Lipinski definition) is 1. The molecule has 6 heteroatoms. The smallest absolute Gasteiger partial charge is 0.244 e. The van der Waals surface area contributed by atoms with Crippen molar-refractivity contribution in [3.63, 3.8) is 0 Å². The number of nitrogens with zero attached hydrogens (tertiary/aromatic N) is 1. The van der Waals surface area contributed by atoms with Crippen LogP contribution >= 0.6 is 27.5 Å². The van der Waals surface area contributed by atoms with E-state index in [0.29, 0.717) is 16.5 Å². The maximum atomic E-state index is 11.9. The molecule has 1 heterocycles. The maximum Gasteiger partial charge on any atom is 0.244 e. The maximum absolute atomic E-state index is 11.9. The molecule has 0 fully saturated rings. The highest BCUT2D eigenvalue weighted by atomic mass is 79.9. The average molecular weight is 418 g/mol. The molecule has 0 spiro atoms. The van der Waals surface area contributed by atoms with E-state index in [2.05, 4.69) is 26.5 Å². The summed E-state index contributed by atoms with van der Waals surface area (Å²) in [5.41, 5.74) is 4.21. The fourth-order valence-electron chi connectivity index (χ4n) is 2.22. The van der Waals surface area contributed by atoms with Crippen molar-refractivity contribution in [2.24, 2.45) is 5.10 Å². The van der Waals surface area contributed by atoms with Gasteiger partial charge in [0.1, 0.15) is 11.5 Å². The van der Waals surface area contributed by atoms with Crippen molar-refractivity contribution in [3.8, 4) is 11.3 Å². The number of benzene rings is 2. The summed E-state index contributed by atoms with van der Waals surface area (Å²) >= 11 is 9.51. The van der Waals surface area contributed by atoms with Gasteiger partial charge < -0.3 is 4.42 Å². The molecule has 3 rings (SSSR count). The Balaban J connectivity index is 1.58. The number of halogens is 2. The van der Waals surface area contributed by atoms with Gasteiger partial charge in [0.05, 0.1) is 17.7 Å². The fraction of sp³-hybridized carbons (Fsp3) is 0.0526.